The summed E-state index contributed by atoms with van der Waals surface area (Å²) >= 11 is 6.37. The minimum atomic E-state index is -0.531. The van der Waals surface area contributed by atoms with E-state index in [0.29, 0.717) is 27.2 Å². The van der Waals surface area contributed by atoms with Crippen molar-refractivity contribution >= 4 is 40.1 Å². The monoisotopic (exact) mass is 474 g/mol. The van der Waals surface area contributed by atoms with Gasteiger partial charge in [-0.2, -0.15) is 10.2 Å². The number of nitrogens with one attached hydrogen (secondary N) is 1. The molecule has 4 rings (SSSR count). The van der Waals surface area contributed by atoms with Gasteiger partial charge in [0.05, 0.1) is 35.3 Å². The zero-order valence-corrected chi connectivity index (χ0v) is 19.0. The number of hydrogen-bond donors (Lipinski definition) is 2. The second-order valence-corrected chi connectivity index (χ2v) is 7.83. The molecule has 0 saturated carbocycles. The van der Waals surface area contributed by atoms with E-state index in [-0.39, 0.29) is 28.5 Å². The van der Waals surface area contributed by atoms with Gasteiger partial charge in [0.15, 0.2) is 0 Å². The third-order valence-electron chi connectivity index (χ3n) is 5.27. The summed E-state index contributed by atoms with van der Waals surface area (Å²) in [5.41, 5.74) is 6.82. The molecule has 0 fully saturated rings. The first-order chi connectivity index (χ1) is 16.3. The number of fused-ring (bicyclic) bond motifs is 1. The van der Waals surface area contributed by atoms with Crippen molar-refractivity contribution in [2.45, 2.75) is 13.0 Å². The number of halogens is 1. The molecule has 3 N–H and O–H groups in total. The van der Waals surface area contributed by atoms with Gasteiger partial charge >= 0.3 is 5.97 Å². The first-order valence-electron chi connectivity index (χ1n) is 10.2. The molecular weight excluding hydrogens is 456 g/mol. The predicted octanol–water partition coefficient (Wildman–Crippen LogP) is 3.85. The molecule has 1 atom stereocenters. The number of pyridine rings is 1. The molecule has 0 aliphatic heterocycles. The molecule has 10 heteroatoms. The molecule has 2 heterocycles. The van der Waals surface area contributed by atoms with Gasteiger partial charge in [-0.05, 0) is 42.6 Å². The Morgan fingerprint density at radius 2 is 2.03 bits per heavy atom. The van der Waals surface area contributed by atoms with Gasteiger partial charge in [-0.3, -0.25) is 9.36 Å². The number of nitrogen functional groups attached to an aromatic ring is 1. The Balaban J connectivity index is 1.95. The lowest BCUT2D eigenvalue weighted by Gasteiger charge is -2.22. The SMILES string of the molecule is COC(=O)c1cccc(-n2c(C(C)Nc3nc(N)ncc3C#N)cc3cccc(Cl)c3c2=O)c1. The third kappa shape index (κ3) is 4.14. The van der Waals surface area contributed by atoms with Crippen LogP contribution in [-0.4, -0.2) is 27.6 Å². The maximum atomic E-state index is 13.7. The first kappa shape index (κ1) is 22.8. The first-order valence-corrected chi connectivity index (χ1v) is 10.5. The lowest BCUT2D eigenvalue weighted by Crippen LogP contribution is -2.26. The molecule has 0 aliphatic carbocycles. The molecule has 9 nitrogen and oxygen atoms in total. The summed E-state index contributed by atoms with van der Waals surface area (Å²) in [6.07, 6.45) is 1.32. The molecule has 2 aromatic heterocycles. The van der Waals surface area contributed by atoms with E-state index >= 15 is 0 Å². The van der Waals surface area contributed by atoms with Gasteiger partial charge in [0.2, 0.25) is 5.95 Å². The summed E-state index contributed by atoms with van der Waals surface area (Å²) in [6.45, 7) is 1.81. The molecule has 1 unspecified atom stereocenters. The van der Waals surface area contributed by atoms with E-state index in [1.165, 1.54) is 17.9 Å². The number of methoxy groups -OCH3 is 1. The van der Waals surface area contributed by atoms with E-state index in [2.05, 4.69) is 15.3 Å². The molecule has 0 bridgehead atoms. The molecular formula is C24H19ClN6O3. The van der Waals surface area contributed by atoms with Gasteiger partial charge in [-0.25, -0.2) is 9.78 Å². The number of aromatic nitrogens is 3. The number of rotatable bonds is 5. The van der Waals surface area contributed by atoms with Crippen molar-refractivity contribution in [2.75, 3.05) is 18.2 Å². The van der Waals surface area contributed by atoms with Crippen LogP contribution in [0.3, 0.4) is 0 Å². The fourth-order valence-corrected chi connectivity index (χ4v) is 3.94. The van der Waals surface area contributed by atoms with Crippen molar-refractivity contribution in [2.24, 2.45) is 0 Å². The predicted molar refractivity (Wildman–Crippen MR) is 129 cm³/mol. The van der Waals surface area contributed by atoms with Gasteiger partial charge in [-0.15, -0.1) is 0 Å². The van der Waals surface area contributed by atoms with Crippen molar-refractivity contribution in [1.29, 1.82) is 5.26 Å². The Morgan fingerprint density at radius 3 is 2.76 bits per heavy atom. The number of carbonyl (C=O) groups is 1. The van der Waals surface area contributed by atoms with E-state index in [4.69, 9.17) is 22.1 Å². The Labute approximate surface area is 199 Å². The average molecular weight is 475 g/mol. The van der Waals surface area contributed by atoms with Gasteiger partial charge in [-0.1, -0.05) is 29.8 Å². The van der Waals surface area contributed by atoms with Crippen LogP contribution in [0.2, 0.25) is 5.02 Å². The quantitative estimate of drug-likeness (QED) is 0.416. The Bertz CT molecular complexity index is 1530. The highest BCUT2D eigenvalue weighted by Gasteiger charge is 2.20. The van der Waals surface area contributed by atoms with Crippen LogP contribution < -0.4 is 16.6 Å². The Hall–Kier alpha value is -4.42. The molecule has 0 aliphatic rings. The normalized spacial score (nSPS) is 11.6. The van der Waals surface area contributed by atoms with Crippen molar-refractivity contribution in [1.82, 2.24) is 14.5 Å². The Kier molecular flexibility index (Phi) is 6.17. The largest absolute Gasteiger partial charge is 0.465 e. The minimum absolute atomic E-state index is 0.00200. The number of hydrogen-bond acceptors (Lipinski definition) is 8. The minimum Gasteiger partial charge on any atom is -0.465 e. The number of esters is 1. The van der Waals surface area contributed by atoms with Crippen LogP contribution in [-0.2, 0) is 4.74 Å². The maximum absolute atomic E-state index is 13.7. The van der Waals surface area contributed by atoms with E-state index in [1.807, 2.05) is 19.1 Å². The fourth-order valence-electron chi connectivity index (χ4n) is 3.68. The number of nitriles is 1. The van der Waals surface area contributed by atoms with Crippen LogP contribution in [0.25, 0.3) is 16.5 Å². The topological polar surface area (TPSA) is 136 Å². The summed E-state index contributed by atoms with van der Waals surface area (Å²) in [5.74, 6) is -0.297. The van der Waals surface area contributed by atoms with Crippen LogP contribution in [0, 0.1) is 11.3 Å². The van der Waals surface area contributed by atoms with Crippen LogP contribution in [0.5, 0.6) is 0 Å². The van der Waals surface area contributed by atoms with Crippen LogP contribution in [0.1, 0.15) is 34.6 Å². The van der Waals surface area contributed by atoms with Crippen molar-refractivity contribution in [3.8, 4) is 11.8 Å². The number of nitrogens with two attached hydrogens (primary N) is 1. The third-order valence-corrected chi connectivity index (χ3v) is 5.59. The highest BCUT2D eigenvalue weighted by Crippen LogP contribution is 2.28. The van der Waals surface area contributed by atoms with E-state index in [9.17, 15) is 14.9 Å². The molecule has 2 aromatic carbocycles. The smallest absolute Gasteiger partial charge is 0.337 e. The van der Waals surface area contributed by atoms with Crippen molar-refractivity contribution in [3.63, 3.8) is 0 Å². The number of carbonyl (C=O) groups excluding carboxylic acids is 1. The van der Waals surface area contributed by atoms with Crippen molar-refractivity contribution in [3.05, 3.63) is 86.9 Å². The van der Waals surface area contributed by atoms with Gasteiger partial charge in [0, 0.05) is 11.4 Å². The standard InChI is InChI=1S/C24H19ClN6O3/c1-13(29-21-16(11-26)12-28-24(27)30-21)19-10-14-5-4-8-18(25)20(14)22(32)31(19)17-7-3-6-15(9-17)23(33)34-2/h3-10,12-13H,1-2H3,(H3,27,28,29,30). The summed E-state index contributed by atoms with van der Waals surface area (Å²) < 4.78 is 6.29. The summed E-state index contributed by atoms with van der Waals surface area (Å²) in [7, 11) is 1.29. The van der Waals surface area contributed by atoms with Crippen LogP contribution >= 0.6 is 11.6 Å². The maximum Gasteiger partial charge on any atom is 0.337 e. The number of nitrogens with zero attached hydrogens (tertiary/aromatic N) is 4. The fraction of sp³-hybridized carbons (Fsp3) is 0.125. The molecule has 0 saturated heterocycles. The molecule has 170 valence electrons. The lowest BCUT2D eigenvalue weighted by molar-refractivity contribution is 0.0600. The highest BCUT2D eigenvalue weighted by molar-refractivity contribution is 6.35. The van der Waals surface area contributed by atoms with Crippen LogP contribution in [0.15, 0.2) is 59.5 Å². The van der Waals surface area contributed by atoms with E-state index in [0.717, 1.165) is 0 Å². The Morgan fingerprint density at radius 1 is 1.26 bits per heavy atom. The summed E-state index contributed by atoms with van der Waals surface area (Å²) in [4.78, 5) is 33.8. The number of ether oxygens (including phenoxy) is 1. The summed E-state index contributed by atoms with van der Waals surface area (Å²) in [5, 5.41) is 13.9. The van der Waals surface area contributed by atoms with Gasteiger partial charge < -0.3 is 15.8 Å². The van der Waals surface area contributed by atoms with Gasteiger partial charge in [0.25, 0.3) is 5.56 Å². The van der Waals surface area contributed by atoms with E-state index < -0.39 is 12.0 Å². The highest BCUT2D eigenvalue weighted by atomic mass is 35.5. The summed E-state index contributed by atoms with van der Waals surface area (Å²) in [6, 6.07) is 15.0. The molecule has 0 radical (unpaired) electrons. The van der Waals surface area contributed by atoms with Gasteiger partial charge in [0.1, 0.15) is 17.5 Å². The van der Waals surface area contributed by atoms with E-state index in [1.54, 1.807) is 42.5 Å². The van der Waals surface area contributed by atoms with Crippen molar-refractivity contribution < 1.29 is 9.53 Å². The molecule has 0 spiro atoms. The second-order valence-electron chi connectivity index (χ2n) is 7.42. The van der Waals surface area contributed by atoms with Crippen LogP contribution in [0.4, 0.5) is 11.8 Å². The second kappa shape index (κ2) is 9.21. The zero-order valence-electron chi connectivity index (χ0n) is 18.2. The average Bonchev–Trinajstić information content (AvgIpc) is 2.83. The zero-order chi connectivity index (χ0) is 24.4. The lowest BCUT2D eigenvalue weighted by atomic mass is 10.1. The molecule has 4 aromatic rings. The molecule has 0 amide bonds. The number of anilines is 2. The number of benzene rings is 2. The molecule has 34 heavy (non-hydrogen) atoms.